The average Bonchev–Trinajstić information content (AvgIpc) is 1.82. The maximum Gasteiger partial charge on any atom is 0.298 e. The second-order valence-corrected chi connectivity index (χ2v) is 1.40. The third-order valence-corrected chi connectivity index (χ3v) is 0.692. The first-order valence-electron chi connectivity index (χ1n) is 2.57. The number of ether oxygens (including phenoxy) is 1. The minimum absolute atomic E-state index is 0.290. The van der Waals surface area contributed by atoms with E-state index in [4.69, 9.17) is 0 Å². The van der Waals surface area contributed by atoms with Crippen LogP contribution >= 0.6 is 0 Å². The molecule has 0 unspecified atom stereocenters. The Hall–Kier alpha value is -0.510. The van der Waals surface area contributed by atoms with Gasteiger partial charge >= 0.3 is 0 Å². The average molecular weight is 138 g/mol. The molecule has 0 aromatic rings. The van der Waals surface area contributed by atoms with Crippen LogP contribution in [0.25, 0.3) is 0 Å². The van der Waals surface area contributed by atoms with E-state index in [1.165, 1.54) is 0 Å². The molecule has 0 atom stereocenters. The van der Waals surface area contributed by atoms with Crippen LogP contribution in [0.2, 0.25) is 0 Å². The Kier molecular flexibility index (Phi) is 4.13. The van der Waals surface area contributed by atoms with Crippen molar-refractivity contribution in [2.24, 2.45) is 0 Å². The van der Waals surface area contributed by atoms with Gasteiger partial charge in [-0.05, 0) is 6.92 Å². The van der Waals surface area contributed by atoms with Crippen molar-refractivity contribution in [1.82, 2.24) is 0 Å². The number of rotatable bonds is 4. The molecule has 0 rings (SSSR count). The van der Waals surface area contributed by atoms with Gasteiger partial charge < -0.3 is 4.74 Å². The molecule has 0 aliphatic carbocycles. The van der Waals surface area contributed by atoms with Crippen LogP contribution < -0.4 is 0 Å². The van der Waals surface area contributed by atoms with E-state index >= 15 is 0 Å². The topological polar surface area (TPSA) is 26.3 Å². The van der Waals surface area contributed by atoms with Crippen molar-refractivity contribution in [3.05, 3.63) is 0 Å². The number of carbonyl (C=O) groups excluding carboxylic acids is 1. The van der Waals surface area contributed by atoms with Crippen molar-refractivity contribution in [2.45, 2.75) is 13.3 Å². The number of hydrogen-bond donors (Lipinski definition) is 0. The highest BCUT2D eigenvalue weighted by Crippen LogP contribution is 1.93. The predicted octanol–water partition coefficient (Wildman–Crippen LogP) is 0.857. The van der Waals surface area contributed by atoms with Gasteiger partial charge in [0.25, 0.3) is 6.43 Å². The Balaban J connectivity index is 3.28. The van der Waals surface area contributed by atoms with Crippen molar-refractivity contribution >= 4 is 5.78 Å². The van der Waals surface area contributed by atoms with Crippen molar-refractivity contribution in [3.63, 3.8) is 0 Å². The fourth-order valence-corrected chi connectivity index (χ4v) is 0.266. The summed E-state index contributed by atoms with van der Waals surface area (Å²) in [5.74, 6) is -1.16. The highest BCUT2D eigenvalue weighted by molar-refractivity contribution is 5.82. The first kappa shape index (κ1) is 8.49. The summed E-state index contributed by atoms with van der Waals surface area (Å²) in [7, 11) is 0. The van der Waals surface area contributed by atoms with Gasteiger partial charge in [-0.3, -0.25) is 4.79 Å². The van der Waals surface area contributed by atoms with E-state index in [0.717, 1.165) is 0 Å². The Labute approximate surface area is 51.8 Å². The zero-order valence-corrected chi connectivity index (χ0v) is 5.06. The van der Waals surface area contributed by atoms with Crippen molar-refractivity contribution in [3.8, 4) is 0 Å². The Morgan fingerprint density at radius 1 is 1.67 bits per heavy atom. The van der Waals surface area contributed by atoms with Crippen LogP contribution in [-0.4, -0.2) is 25.4 Å². The molecule has 0 aromatic carbocycles. The van der Waals surface area contributed by atoms with Crippen molar-refractivity contribution in [2.75, 3.05) is 13.2 Å². The van der Waals surface area contributed by atoms with Gasteiger partial charge in [-0.2, -0.15) is 0 Å². The summed E-state index contributed by atoms with van der Waals surface area (Å²) in [5, 5.41) is 0. The second-order valence-electron chi connectivity index (χ2n) is 1.40. The molecular formula is C5H8F2O2. The molecule has 0 amide bonds. The molecule has 4 heteroatoms. The summed E-state index contributed by atoms with van der Waals surface area (Å²) in [5.41, 5.74) is 0. The van der Waals surface area contributed by atoms with Crippen LogP contribution in [-0.2, 0) is 9.53 Å². The molecule has 0 aliphatic heterocycles. The third-order valence-electron chi connectivity index (χ3n) is 0.692. The summed E-state index contributed by atoms with van der Waals surface area (Å²) < 4.78 is 27.1. The summed E-state index contributed by atoms with van der Waals surface area (Å²) in [4.78, 5) is 10.0. The van der Waals surface area contributed by atoms with Crippen LogP contribution in [0, 0.1) is 0 Å². The van der Waals surface area contributed by atoms with E-state index in [1.54, 1.807) is 6.92 Å². The summed E-state index contributed by atoms with van der Waals surface area (Å²) in [6, 6.07) is 0. The van der Waals surface area contributed by atoms with Gasteiger partial charge in [-0.15, -0.1) is 0 Å². The quantitative estimate of drug-likeness (QED) is 0.575. The zero-order valence-electron chi connectivity index (χ0n) is 5.06. The zero-order chi connectivity index (χ0) is 7.28. The van der Waals surface area contributed by atoms with Gasteiger partial charge in [0.1, 0.15) is 6.61 Å². The van der Waals surface area contributed by atoms with Crippen LogP contribution in [0.5, 0.6) is 0 Å². The predicted molar refractivity (Wildman–Crippen MR) is 27.5 cm³/mol. The number of ketones is 1. The monoisotopic (exact) mass is 138 g/mol. The molecule has 54 valence electrons. The highest BCUT2D eigenvalue weighted by atomic mass is 19.3. The lowest BCUT2D eigenvalue weighted by Crippen LogP contribution is -2.16. The van der Waals surface area contributed by atoms with Gasteiger partial charge in [-0.1, -0.05) is 0 Å². The van der Waals surface area contributed by atoms with Crippen LogP contribution in [0.1, 0.15) is 6.92 Å². The summed E-state index contributed by atoms with van der Waals surface area (Å²) in [6.07, 6.45) is -2.89. The van der Waals surface area contributed by atoms with Crippen LogP contribution in [0.15, 0.2) is 0 Å². The number of halogens is 2. The molecule has 2 nitrogen and oxygen atoms in total. The van der Waals surface area contributed by atoms with Gasteiger partial charge in [0.05, 0.1) is 0 Å². The highest BCUT2D eigenvalue weighted by Gasteiger charge is 2.13. The standard InChI is InChI=1S/C5H8F2O2/c1-2-9-3-4(8)5(6)7/h5H,2-3H2,1H3. The van der Waals surface area contributed by atoms with Gasteiger partial charge in [0.2, 0.25) is 5.78 Å². The van der Waals surface area contributed by atoms with Crippen molar-refractivity contribution < 1.29 is 18.3 Å². The Morgan fingerprint density at radius 2 is 2.22 bits per heavy atom. The molecule has 0 heterocycles. The lowest BCUT2D eigenvalue weighted by molar-refractivity contribution is -0.134. The maximum atomic E-state index is 11.3. The third kappa shape index (κ3) is 4.02. The molecule has 0 fully saturated rings. The maximum absolute atomic E-state index is 11.3. The van der Waals surface area contributed by atoms with E-state index in [9.17, 15) is 13.6 Å². The number of carbonyl (C=O) groups is 1. The largest absolute Gasteiger partial charge is 0.374 e. The Morgan fingerprint density at radius 3 is 2.56 bits per heavy atom. The lowest BCUT2D eigenvalue weighted by atomic mass is 10.4. The molecule has 0 aromatic heterocycles. The van der Waals surface area contributed by atoms with E-state index in [1.807, 2.05) is 0 Å². The molecule has 0 aliphatic rings. The second kappa shape index (κ2) is 4.38. The fourth-order valence-electron chi connectivity index (χ4n) is 0.266. The molecule has 0 N–H and O–H groups in total. The van der Waals surface area contributed by atoms with Gasteiger partial charge in [0, 0.05) is 6.61 Å². The lowest BCUT2D eigenvalue weighted by Gasteiger charge is -1.97. The first-order chi connectivity index (χ1) is 4.18. The molecule has 0 radical (unpaired) electrons. The van der Waals surface area contributed by atoms with Gasteiger partial charge in [-0.25, -0.2) is 8.78 Å². The van der Waals surface area contributed by atoms with Crippen LogP contribution in [0.4, 0.5) is 8.78 Å². The molecule has 0 saturated heterocycles. The van der Waals surface area contributed by atoms with E-state index < -0.39 is 18.8 Å². The number of hydrogen-bond acceptors (Lipinski definition) is 2. The van der Waals surface area contributed by atoms with Crippen LogP contribution in [0.3, 0.4) is 0 Å². The molecule has 0 saturated carbocycles. The molecule has 9 heavy (non-hydrogen) atoms. The molecule has 0 spiro atoms. The van der Waals surface area contributed by atoms with E-state index in [-0.39, 0.29) is 0 Å². The summed E-state index contributed by atoms with van der Waals surface area (Å²) >= 11 is 0. The van der Waals surface area contributed by atoms with Crippen molar-refractivity contribution in [1.29, 1.82) is 0 Å². The van der Waals surface area contributed by atoms with Gasteiger partial charge in [0.15, 0.2) is 0 Å². The summed E-state index contributed by atoms with van der Waals surface area (Å²) in [6.45, 7) is 1.45. The fraction of sp³-hybridized carbons (Fsp3) is 0.800. The minimum Gasteiger partial charge on any atom is -0.374 e. The number of Topliss-reactive ketones (excluding diaryl/α,β-unsaturated/α-hetero) is 1. The van der Waals surface area contributed by atoms with E-state index in [0.29, 0.717) is 6.61 Å². The minimum atomic E-state index is -2.89. The Bertz CT molecular complexity index is 93.0. The number of alkyl halides is 2. The molecular weight excluding hydrogens is 130 g/mol. The van der Waals surface area contributed by atoms with E-state index in [2.05, 4.69) is 4.74 Å². The smallest absolute Gasteiger partial charge is 0.298 e. The first-order valence-corrected chi connectivity index (χ1v) is 2.57. The normalized spacial score (nSPS) is 10.2. The SMILES string of the molecule is CCOCC(=O)C(F)F. The molecule has 0 bridgehead atoms.